The van der Waals surface area contributed by atoms with Gasteiger partial charge < -0.3 is 9.84 Å². The van der Waals surface area contributed by atoms with Gasteiger partial charge in [0.25, 0.3) is 0 Å². The van der Waals surface area contributed by atoms with Crippen LogP contribution in [0.15, 0.2) is 51.8 Å². The van der Waals surface area contributed by atoms with E-state index in [-0.39, 0.29) is 41.4 Å². The molecule has 0 fully saturated rings. The fourth-order valence-corrected chi connectivity index (χ4v) is 3.71. The SMILES string of the molecule is Cc1cc(OCc2noc(=O)[nH]2)c(F)c(C)c1Cc1ccc(O)c(-c2ccccc2C(F)(F)F)n1. The maximum Gasteiger partial charge on any atom is 0.439 e. The summed E-state index contributed by atoms with van der Waals surface area (Å²) in [5, 5.41) is 13.7. The molecule has 0 saturated heterocycles. The minimum absolute atomic E-state index is 0.0638. The maximum absolute atomic E-state index is 15.0. The number of benzene rings is 2. The van der Waals surface area contributed by atoms with Crippen LogP contribution in [0.3, 0.4) is 0 Å². The standard InChI is InChI=1S/C24H19F4N3O4/c1-12-9-19(34-11-20-30-23(33)35-31-20)21(25)13(2)16(12)10-14-7-8-18(32)22(29-14)15-5-3-4-6-17(15)24(26,27)28/h3-9,32H,10-11H2,1-2H3,(H,30,31,33). The molecule has 35 heavy (non-hydrogen) atoms. The van der Waals surface area contributed by atoms with Crippen molar-refractivity contribution in [3.63, 3.8) is 0 Å². The zero-order valence-corrected chi connectivity index (χ0v) is 18.5. The van der Waals surface area contributed by atoms with E-state index in [9.17, 15) is 23.1 Å². The summed E-state index contributed by atoms with van der Waals surface area (Å²) < 4.78 is 65.3. The van der Waals surface area contributed by atoms with Gasteiger partial charge in [-0.25, -0.2) is 14.2 Å². The summed E-state index contributed by atoms with van der Waals surface area (Å²) in [6, 6.07) is 9.04. The molecule has 0 bridgehead atoms. The number of aromatic nitrogens is 3. The molecule has 182 valence electrons. The summed E-state index contributed by atoms with van der Waals surface area (Å²) >= 11 is 0. The number of halogens is 4. The minimum Gasteiger partial charge on any atom is -0.506 e. The molecule has 0 radical (unpaired) electrons. The number of nitrogens with zero attached hydrogens (tertiary/aromatic N) is 2. The van der Waals surface area contributed by atoms with Crippen LogP contribution in [0, 0.1) is 19.7 Å². The van der Waals surface area contributed by atoms with Crippen molar-refractivity contribution in [2.45, 2.75) is 33.1 Å². The molecule has 0 aliphatic rings. The third kappa shape index (κ3) is 5.03. The first-order chi connectivity index (χ1) is 16.5. The molecular formula is C24H19F4N3O4. The van der Waals surface area contributed by atoms with Crippen LogP contribution < -0.4 is 10.5 Å². The van der Waals surface area contributed by atoms with E-state index in [1.165, 1.54) is 36.4 Å². The number of hydrogen-bond donors (Lipinski definition) is 2. The molecule has 2 aromatic heterocycles. The highest BCUT2D eigenvalue weighted by molar-refractivity contribution is 5.70. The van der Waals surface area contributed by atoms with Crippen molar-refractivity contribution >= 4 is 0 Å². The van der Waals surface area contributed by atoms with E-state index in [1.54, 1.807) is 13.8 Å². The lowest BCUT2D eigenvalue weighted by Crippen LogP contribution is -2.08. The minimum atomic E-state index is -4.63. The normalized spacial score (nSPS) is 11.6. The molecule has 2 heterocycles. The van der Waals surface area contributed by atoms with Gasteiger partial charge in [-0.2, -0.15) is 13.2 Å². The Morgan fingerprint density at radius 3 is 2.57 bits per heavy atom. The summed E-state index contributed by atoms with van der Waals surface area (Å²) in [5.41, 5.74) is 0.433. The predicted octanol–water partition coefficient (Wildman–Crippen LogP) is 5.08. The zero-order chi connectivity index (χ0) is 25.3. The van der Waals surface area contributed by atoms with E-state index in [0.29, 0.717) is 16.8 Å². The third-order valence-electron chi connectivity index (χ3n) is 5.45. The lowest BCUT2D eigenvalue weighted by molar-refractivity contribution is -0.137. The topological polar surface area (TPSA) is 101 Å². The molecule has 0 aliphatic heterocycles. The van der Waals surface area contributed by atoms with E-state index in [0.717, 1.165) is 6.07 Å². The van der Waals surface area contributed by atoms with Crippen LogP contribution in [-0.2, 0) is 19.2 Å². The van der Waals surface area contributed by atoms with Gasteiger partial charge in [-0.15, -0.1) is 0 Å². The van der Waals surface area contributed by atoms with Crippen molar-refractivity contribution in [3.8, 4) is 22.8 Å². The average molecular weight is 489 g/mol. The zero-order valence-electron chi connectivity index (χ0n) is 18.5. The third-order valence-corrected chi connectivity index (χ3v) is 5.45. The van der Waals surface area contributed by atoms with Gasteiger partial charge in [0.1, 0.15) is 18.1 Å². The number of aromatic hydroxyl groups is 1. The fourth-order valence-electron chi connectivity index (χ4n) is 3.71. The molecule has 11 heteroatoms. The van der Waals surface area contributed by atoms with Gasteiger partial charge in [0.05, 0.1) is 5.56 Å². The van der Waals surface area contributed by atoms with Crippen molar-refractivity contribution in [3.05, 3.63) is 92.6 Å². The number of pyridine rings is 1. The first kappa shape index (κ1) is 24.0. The van der Waals surface area contributed by atoms with Gasteiger partial charge in [0.15, 0.2) is 17.4 Å². The molecule has 0 saturated carbocycles. The Labute approximate surface area is 196 Å². The number of rotatable bonds is 6. The monoisotopic (exact) mass is 489 g/mol. The highest BCUT2D eigenvalue weighted by atomic mass is 19.4. The van der Waals surface area contributed by atoms with Gasteiger partial charge in [0.2, 0.25) is 0 Å². The molecule has 7 nitrogen and oxygen atoms in total. The molecular weight excluding hydrogens is 470 g/mol. The lowest BCUT2D eigenvalue weighted by atomic mass is 9.96. The van der Waals surface area contributed by atoms with Crippen LogP contribution in [0.4, 0.5) is 17.6 Å². The van der Waals surface area contributed by atoms with Gasteiger partial charge in [0, 0.05) is 17.7 Å². The summed E-state index contributed by atoms with van der Waals surface area (Å²) in [5.74, 6) is -1.78. The van der Waals surface area contributed by atoms with Crippen LogP contribution in [0.5, 0.6) is 11.5 Å². The second-order valence-corrected chi connectivity index (χ2v) is 7.83. The summed E-state index contributed by atoms with van der Waals surface area (Å²) in [6.45, 7) is 3.05. The van der Waals surface area contributed by atoms with Gasteiger partial charge >= 0.3 is 11.9 Å². The summed E-state index contributed by atoms with van der Waals surface area (Å²) in [6.07, 6.45) is -4.53. The van der Waals surface area contributed by atoms with Crippen molar-refractivity contribution in [1.29, 1.82) is 0 Å². The number of alkyl halides is 3. The number of aryl methyl sites for hydroxylation is 1. The Morgan fingerprint density at radius 2 is 1.89 bits per heavy atom. The highest BCUT2D eigenvalue weighted by Gasteiger charge is 2.34. The van der Waals surface area contributed by atoms with Gasteiger partial charge in [-0.1, -0.05) is 23.4 Å². The first-order valence-corrected chi connectivity index (χ1v) is 10.4. The molecule has 0 amide bonds. The summed E-state index contributed by atoms with van der Waals surface area (Å²) in [7, 11) is 0. The second kappa shape index (κ2) is 9.24. The van der Waals surface area contributed by atoms with Crippen LogP contribution in [0.25, 0.3) is 11.3 Å². The molecule has 2 N–H and O–H groups in total. The molecule has 0 aliphatic carbocycles. The van der Waals surface area contributed by atoms with E-state index in [4.69, 9.17) is 4.74 Å². The Balaban J connectivity index is 1.65. The number of aromatic amines is 1. The quantitative estimate of drug-likeness (QED) is 0.367. The first-order valence-electron chi connectivity index (χ1n) is 10.4. The van der Waals surface area contributed by atoms with E-state index < -0.39 is 29.1 Å². The van der Waals surface area contributed by atoms with Gasteiger partial charge in [-0.05, 0) is 54.8 Å². The van der Waals surface area contributed by atoms with Crippen molar-refractivity contribution in [2.24, 2.45) is 0 Å². The molecule has 0 unspecified atom stereocenters. The smallest absolute Gasteiger partial charge is 0.439 e. The molecule has 2 aromatic carbocycles. The molecule has 4 rings (SSSR count). The van der Waals surface area contributed by atoms with E-state index in [1.807, 2.05) is 0 Å². The van der Waals surface area contributed by atoms with Crippen LogP contribution >= 0.6 is 0 Å². The highest BCUT2D eigenvalue weighted by Crippen LogP contribution is 2.39. The van der Waals surface area contributed by atoms with Crippen molar-refractivity contribution in [1.82, 2.24) is 15.1 Å². The number of H-pyrrole nitrogens is 1. The van der Waals surface area contributed by atoms with Crippen LogP contribution in [-0.4, -0.2) is 20.2 Å². The largest absolute Gasteiger partial charge is 0.506 e. The number of ether oxygens (including phenoxy) is 1. The second-order valence-electron chi connectivity index (χ2n) is 7.83. The van der Waals surface area contributed by atoms with E-state index in [2.05, 4.69) is 19.6 Å². The Kier molecular flexibility index (Phi) is 6.33. The number of nitrogens with one attached hydrogen (secondary N) is 1. The lowest BCUT2D eigenvalue weighted by Gasteiger charge is -2.16. The van der Waals surface area contributed by atoms with Crippen molar-refractivity contribution in [2.75, 3.05) is 0 Å². The van der Waals surface area contributed by atoms with E-state index >= 15 is 4.39 Å². The van der Waals surface area contributed by atoms with Crippen molar-refractivity contribution < 1.29 is 31.9 Å². The Hall–Kier alpha value is -4.15. The van der Waals surface area contributed by atoms with Gasteiger partial charge in [-0.3, -0.25) is 9.51 Å². The fraction of sp³-hybridized carbons (Fsp3) is 0.208. The average Bonchev–Trinajstić information content (AvgIpc) is 3.23. The molecule has 0 atom stereocenters. The predicted molar refractivity (Wildman–Crippen MR) is 116 cm³/mol. The molecule has 4 aromatic rings. The Bertz CT molecular complexity index is 1440. The number of hydrogen-bond acceptors (Lipinski definition) is 6. The van der Waals surface area contributed by atoms with Crippen LogP contribution in [0.1, 0.15) is 33.8 Å². The Morgan fingerprint density at radius 1 is 1.14 bits per heavy atom. The van der Waals surface area contributed by atoms with Crippen LogP contribution in [0.2, 0.25) is 0 Å². The summed E-state index contributed by atoms with van der Waals surface area (Å²) in [4.78, 5) is 17.6. The maximum atomic E-state index is 15.0. The molecule has 0 spiro atoms.